The molecule has 0 atom stereocenters. The lowest BCUT2D eigenvalue weighted by Crippen LogP contribution is -2.23. The molecule has 172 valence electrons. The van der Waals surface area contributed by atoms with Crippen LogP contribution in [-0.2, 0) is 16.1 Å². The van der Waals surface area contributed by atoms with Crippen molar-refractivity contribution >= 4 is 29.0 Å². The monoisotopic (exact) mass is 475 g/mol. The second-order valence-corrected chi connectivity index (χ2v) is 8.48. The van der Waals surface area contributed by atoms with Gasteiger partial charge in [-0.1, -0.05) is 6.07 Å². The third-order valence-electron chi connectivity index (χ3n) is 5.29. The van der Waals surface area contributed by atoms with Crippen molar-refractivity contribution in [2.24, 2.45) is 0 Å². The molecule has 0 spiro atoms. The Morgan fingerprint density at radius 2 is 2.06 bits per heavy atom. The molecule has 4 rings (SSSR count). The number of nitrogens with zero attached hydrogens (tertiary/aromatic N) is 4. The highest BCUT2D eigenvalue weighted by atomic mass is 32.1. The number of furan rings is 1. The number of esters is 1. The second kappa shape index (κ2) is 9.72. The maximum atomic E-state index is 12.6. The molecule has 0 aliphatic rings. The molecule has 10 heteroatoms. The van der Waals surface area contributed by atoms with Gasteiger partial charge >= 0.3 is 5.97 Å². The van der Waals surface area contributed by atoms with E-state index in [2.05, 4.69) is 21.4 Å². The minimum Gasteiger partial charge on any atom is -0.467 e. The van der Waals surface area contributed by atoms with Crippen molar-refractivity contribution < 1.29 is 18.7 Å². The van der Waals surface area contributed by atoms with Crippen LogP contribution in [0.4, 0.5) is 5.82 Å². The molecule has 0 bridgehead atoms. The average Bonchev–Trinajstić information content (AvgIpc) is 3.54. The normalized spacial score (nSPS) is 10.6. The van der Waals surface area contributed by atoms with Gasteiger partial charge in [0.25, 0.3) is 5.91 Å². The molecule has 0 saturated carbocycles. The van der Waals surface area contributed by atoms with Crippen molar-refractivity contribution in [2.45, 2.75) is 27.3 Å². The summed E-state index contributed by atoms with van der Waals surface area (Å²) in [4.78, 5) is 34.2. The van der Waals surface area contributed by atoms with Gasteiger partial charge in [-0.25, -0.2) is 9.78 Å². The molecular weight excluding hydrogens is 454 g/mol. The molecule has 1 N–H and O–H groups in total. The summed E-state index contributed by atoms with van der Waals surface area (Å²) in [5, 5.41) is 12.9. The largest absolute Gasteiger partial charge is 0.467 e. The van der Waals surface area contributed by atoms with Crippen LogP contribution in [0.15, 0.2) is 47.2 Å². The summed E-state index contributed by atoms with van der Waals surface area (Å²) in [6.07, 6.45) is 3.21. The van der Waals surface area contributed by atoms with Crippen molar-refractivity contribution in [3.63, 3.8) is 0 Å². The van der Waals surface area contributed by atoms with Crippen LogP contribution in [0.25, 0.3) is 10.7 Å². The van der Waals surface area contributed by atoms with E-state index in [9.17, 15) is 14.9 Å². The van der Waals surface area contributed by atoms with Gasteiger partial charge in [-0.05, 0) is 50.6 Å². The number of carbonyl (C=O) groups is 2. The summed E-state index contributed by atoms with van der Waals surface area (Å²) >= 11 is 1.15. The number of carbonyl (C=O) groups excluding carboxylic acids is 2. The Bertz CT molecular complexity index is 1380. The van der Waals surface area contributed by atoms with Crippen molar-refractivity contribution in [3.8, 4) is 16.8 Å². The standard InChI is InChI=1S/C24H21N5O4S/c1-14-16(3)29(12-17-7-6-10-32-17)22(18(14)11-25)28-20(30)13-33-24(31)21-15(2)27-23(34-21)19-8-4-5-9-26-19/h4-10H,12-13H2,1-3H3,(H,28,30). The third-order valence-corrected chi connectivity index (χ3v) is 6.45. The van der Waals surface area contributed by atoms with Gasteiger partial charge in [0.15, 0.2) is 6.61 Å². The van der Waals surface area contributed by atoms with Crippen LogP contribution in [0.1, 0.15) is 37.9 Å². The van der Waals surface area contributed by atoms with Crippen LogP contribution >= 0.6 is 11.3 Å². The van der Waals surface area contributed by atoms with Gasteiger partial charge in [-0.2, -0.15) is 5.26 Å². The summed E-state index contributed by atoms with van der Waals surface area (Å²) in [5.74, 6) is -0.198. The molecule has 0 radical (unpaired) electrons. The summed E-state index contributed by atoms with van der Waals surface area (Å²) in [7, 11) is 0. The summed E-state index contributed by atoms with van der Waals surface area (Å²) in [6.45, 7) is 5.21. The number of aromatic nitrogens is 3. The highest BCUT2D eigenvalue weighted by Crippen LogP contribution is 2.28. The fourth-order valence-electron chi connectivity index (χ4n) is 3.44. The van der Waals surface area contributed by atoms with E-state index < -0.39 is 18.5 Å². The van der Waals surface area contributed by atoms with Crippen LogP contribution < -0.4 is 5.32 Å². The molecule has 0 saturated heterocycles. The molecule has 0 fully saturated rings. The Morgan fingerprint density at radius 3 is 2.74 bits per heavy atom. The maximum absolute atomic E-state index is 12.6. The first-order chi connectivity index (χ1) is 16.4. The SMILES string of the molecule is Cc1nc(-c2ccccn2)sc1C(=O)OCC(=O)Nc1c(C#N)c(C)c(C)n1Cc1ccco1. The topological polar surface area (TPSA) is 123 Å². The quantitative estimate of drug-likeness (QED) is 0.397. The van der Waals surface area contributed by atoms with Gasteiger partial charge in [-0.15, -0.1) is 11.3 Å². The van der Waals surface area contributed by atoms with E-state index in [4.69, 9.17) is 9.15 Å². The summed E-state index contributed by atoms with van der Waals surface area (Å²) < 4.78 is 12.4. The Balaban J connectivity index is 1.47. The van der Waals surface area contributed by atoms with Gasteiger partial charge in [0.1, 0.15) is 27.5 Å². The van der Waals surface area contributed by atoms with Crippen LogP contribution in [0.5, 0.6) is 0 Å². The van der Waals surface area contributed by atoms with E-state index in [1.165, 1.54) is 0 Å². The van der Waals surface area contributed by atoms with Crippen molar-refractivity contribution in [1.29, 1.82) is 5.26 Å². The van der Waals surface area contributed by atoms with Crippen molar-refractivity contribution in [1.82, 2.24) is 14.5 Å². The van der Waals surface area contributed by atoms with Gasteiger partial charge in [0.05, 0.1) is 29.8 Å². The molecule has 0 aliphatic heterocycles. The molecule has 0 aromatic carbocycles. The fraction of sp³-hybridized carbons (Fsp3) is 0.208. The molecule has 4 aromatic rings. The molecule has 34 heavy (non-hydrogen) atoms. The first kappa shape index (κ1) is 22.9. The number of aryl methyl sites for hydroxylation is 1. The van der Waals surface area contributed by atoms with Gasteiger partial charge < -0.3 is 19.0 Å². The lowest BCUT2D eigenvalue weighted by atomic mass is 10.2. The number of rotatable bonds is 7. The molecule has 0 aliphatic carbocycles. The number of hydrogen-bond donors (Lipinski definition) is 1. The zero-order valence-corrected chi connectivity index (χ0v) is 19.6. The number of pyridine rings is 1. The molecule has 4 aromatic heterocycles. The predicted molar refractivity (Wildman–Crippen MR) is 125 cm³/mol. The molecule has 0 unspecified atom stereocenters. The first-order valence-electron chi connectivity index (χ1n) is 10.4. The van der Waals surface area contributed by atoms with Crippen molar-refractivity contribution in [2.75, 3.05) is 11.9 Å². The Hall–Kier alpha value is -4.23. The lowest BCUT2D eigenvalue weighted by Gasteiger charge is -2.12. The van der Waals surface area contributed by atoms with E-state index >= 15 is 0 Å². The Morgan fingerprint density at radius 1 is 1.24 bits per heavy atom. The van der Waals surface area contributed by atoms with E-state index in [1.54, 1.807) is 42.1 Å². The van der Waals surface area contributed by atoms with Crippen LogP contribution in [-0.4, -0.2) is 33.0 Å². The van der Waals surface area contributed by atoms with Gasteiger partial charge in [-0.3, -0.25) is 9.78 Å². The number of thiazole rings is 1. The smallest absolute Gasteiger partial charge is 0.350 e. The second-order valence-electron chi connectivity index (χ2n) is 7.48. The summed E-state index contributed by atoms with van der Waals surface area (Å²) in [6, 6.07) is 11.2. The summed E-state index contributed by atoms with van der Waals surface area (Å²) in [5.41, 5.74) is 3.08. The van der Waals surface area contributed by atoms with Crippen LogP contribution in [0.3, 0.4) is 0 Å². The van der Waals surface area contributed by atoms with E-state index in [1.807, 2.05) is 26.0 Å². The van der Waals surface area contributed by atoms with E-state index in [0.29, 0.717) is 45.0 Å². The predicted octanol–water partition coefficient (Wildman–Crippen LogP) is 4.24. The zero-order valence-electron chi connectivity index (χ0n) is 18.8. The molecule has 9 nitrogen and oxygen atoms in total. The number of hydrogen-bond acceptors (Lipinski definition) is 8. The number of nitriles is 1. The van der Waals surface area contributed by atoms with Gasteiger partial charge in [0.2, 0.25) is 0 Å². The van der Waals surface area contributed by atoms with Crippen LogP contribution in [0.2, 0.25) is 0 Å². The highest BCUT2D eigenvalue weighted by Gasteiger charge is 2.22. The van der Waals surface area contributed by atoms with E-state index in [-0.39, 0.29) is 0 Å². The molecular formula is C24H21N5O4S. The minimum atomic E-state index is -0.647. The minimum absolute atomic E-state index is 0.305. The maximum Gasteiger partial charge on any atom is 0.350 e. The number of ether oxygens (including phenoxy) is 1. The van der Waals surface area contributed by atoms with Gasteiger partial charge in [0, 0.05) is 11.9 Å². The lowest BCUT2D eigenvalue weighted by molar-refractivity contribution is -0.119. The first-order valence-corrected chi connectivity index (χ1v) is 11.2. The molecule has 4 heterocycles. The average molecular weight is 476 g/mol. The van der Waals surface area contributed by atoms with Crippen LogP contribution in [0, 0.1) is 32.1 Å². The highest BCUT2D eigenvalue weighted by molar-refractivity contribution is 7.17. The fourth-order valence-corrected chi connectivity index (χ4v) is 4.37. The third kappa shape index (κ3) is 4.60. The number of nitrogens with one attached hydrogen (secondary N) is 1. The Kier molecular flexibility index (Phi) is 6.56. The number of amides is 1. The van der Waals surface area contributed by atoms with Crippen molar-refractivity contribution in [3.05, 3.63) is 75.9 Å². The number of anilines is 1. The molecule has 1 amide bonds. The Labute approximate surface area is 199 Å². The zero-order chi connectivity index (χ0) is 24.2. The van der Waals surface area contributed by atoms with E-state index in [0.717, 1.165) is 22.6 Å².